The number of carbonyl (C=O) groups excluding carboxylic acids is 3. The normalized spacial score (nSPS) is 13.5. The summed E-state index contributed by atoms with van der Waals surface area (Å²) in [6.45, 7) is 1.71. The van der Waals surface area contributed by atoms with Gasteiger partial charge in [-0.15, -0.1) is 0 Å². The predicted molar refractivity (Wildman–Crippen MR) is 118 cm³/mol. The van der Waals surface area contributed by atoms with E-state index in [1.807, 2.05) is 4.90 Å². The highest BCUT2D eigenvalue weighted by molar-refractivity contribution is 5.98. The van der Waals surface area contributed by atoms with Crippen LogP contribution in [0.2, 0.25) is 0 Å². The van der Waals surface area contributed by atoms with E-state index in [0.717, 1.165) is 31.6 Å². The third kappa shape index (κ3) is 5.59. The first-order valence-corrected chi connectivity index (χ1v) is 10.2. The summed E-state index contributed by atoms with van der Waals surface area (Å²) in [5, 5.41) is 5.84. The second kappa shape index (κ2) is 9.91. The second-order valence-corrected chi connectivity index (χ2v) is 7.61. The Labute approximate surface area is 177 Å². The van der Waals surface area contributed by atoms with Crippen LogP contribution in [-0.2, 0) is 4.79 Å². The van der Waals surface area contributed by atoms with E-state index in [0.29, 0.717) is 16.8 Å². The number of likely N-dealkylation sites (tertiary alicyclic amines) is 1. The molecule has 0 aromatic heterocycles. The molecule has 158 valence electrons. The van der Waals surface area contributed by atoms with E-state index in [4.69, 9.17) is 0 Å². The van der Waals surface area contributed by atoms with E-state index in [1.165, 1.54) is 11.3 Å². The smallest absolute Gasteiger partial charge is 0.253 e. The van der Waals surface area contributed by atoms with Crippen LogP contribution in [-0.4, -0.2) is 61.3 Å². The number of amides is 3. The Morgan fingerprint density at radius 3 is 2.27 bits per heavy atom. The largest absolute Gasteiger partial charge is 0.376 e. The molecule has 0 saturated carbocycles. The number of hydrogen-bond acceptors (Lipinski definition) is 4. The summed E-state index contributed by atoms with van der Waals surface area (Å²) in [7, 11) is 3.37. The first-order valence-electron chi connectivity index (χ1n) is 10.2. The van der Waals surface area contributed by atoms with Gasteiger partial charge >= 0.3 is 0 Å². The molecule has 3 rings (SSSR count). The van der Waals surface area contributed by atoms with Gasteiger partial charge in [0.2, 0.25) is 5.91 Å². The molecule has 7 heteroatoms. The number of benzene rings is 2. The van der Waals surface area contributed by atoms with Crippen LogP contribution >= 0.6 is 0 Å². The van der Waals surface area contributed by atoms with Gasteiger partial charge in [-0.2, -0.15) is 0 Å². The minimum absolute atomic E-state index is 0.0612. The van der Waals surface area contributed by atoms with Gasteiger partial charge in [0, 0.05) is 49.7 Å². The van der Waals surface area contributed by atoms with E-state index in [2.05, 4.69) is 10.6 Å². The maximum Gasteiger partial charge on any atom is 0.253 e. The van der Waals surface area contributed by atoms with Gasteiger partial charge in [-0.1, -0.05) is 6.07 Å². The fourth-order valence-electron chi connectivity index (χ4n) is 3.39. The zero-order valence-corrected chi connectivity index (χ0v) is 17.5. The molecule has 0 bridgehead atoms. The van der Waals surface area contributed by atoms with Crippen molar-refractivity contribution in [3.63, 3.8) is 0 Å². The van der Waals surface area contributed by atoms with E-state index < -0.39 is 0 Å². The average molecular weight is 409 g/mol. The SMILES string of the molecule is CN(C)C(=O)c1cccc(NC(=O)CNc2ccc(C(=O)N3CCCCC3)cc2)c1. The van der Waals surface area contributed by atoms with Crippen molar-refractivity contribution in [1.82, 2.24) is 9.80 Å². The molecule has 0 radical (unpaired) electrons. The Morgan fingerprint density at radius 2 is 1.60 bits per heavy atom. The minimum atomic E-state index is -0.224. The molecule has 1 heterocycles. The van der Waals surface area contributed by atoms with Gasteiger partial charge in [0.1, 0.15) is 0 Å². The Balaban J connectivity index is 1.52. The average Bonchev–Trinajstić information content (AvgIpc) is 2.77. The summed E-state index contributed by atoms with van der Waals surface area (Å²) in [6, 6.07) is 14.0. The fourth-order valence-corrected chi connectivity index (χ4v) is 3.39. The quantitative estimate of drug-likeness (QED) is 0.770. The maximum absolute atomic E-state index is 12.5. The van der Waals surface area contributed by atoms with Crippen LogP contribution in [0.15, 0.2) is 48.5 Å². The van der Waals surface area contributed by atoms with Crippen molar-refractivity contribution >= 4 is 29.1 Å². The molecule has 1 fully saturated rings. The summed E-state index contributed by atoms with van der Waals surface area (Å²) in [6.07, 6.45) is 3.31. The highest BCUT2D eigenvalue weighted by Crippen LogP contribution is 2.16. The van der Waals surface area contributed by atoms with Crippen molar-refractivity contribution < 1.29 is 14.4 Å². The van der Waals surface area contributed by atoms with E-state index in [9.17, 15) is 14.4 Å². The van der Waals surface area contributed by atoms with Gasteiger partial charge in [-0.3, -0.25) is 14.4 Å². The fraction of sp³-hybridized carbons (Fsp3) is 0.348. The maximum atomic E-state index is 12.5. The zero-order valence-electron chi connectivity index (χ0n) is 17.5. The van der Waals surface area contributed by atoms with E-state index in [-0.39, 0.29) is 24.3 Å². The van der Waals surface area contributed by atoms with Gasteiger partial charge in [-0.05, 0) is 61.7 Å². The van der Waals surface area contributed by atoms with E-state index in [1.54, 1.807) is 62.6 Å². The Bertz CT molecular complexity index is 903. The van der Waals surface area contributed by atoms with Crippen LogP contribution in [0, 0.1) is 0 Å². The summed E-state index contributed by atoms with van der Waals surface area (Å²) in [5.74, 6) is -0.285. The van der Waals surface area contributed by atoms with Crippen LogP contribution in [0.5, 0.6) is 0 Å². The lowest BCUT2D eigenvalue weighted by molar-refractivity contribution is -0.114. The van der Waals surface area contributed by atoms with Crippen LogP contribution in [0.25, 0.3) is 0 Å². The minimum Gasteiger partial charge on any atom is -0.376 e. The molecule has 0 atom stereocenters. The monoisotopic (exact) mass is 408 g/mol. The lowest BCUT2D eigenvalue weighted by Gasteiger charge is -2.26. The van der Waals surface area contributed by atoms with Crippen molar-refractivity contribution in [2.75, 3.05) is 44.4 Å². The second-order valence-electron chi connectivity index (χ2n) is 7.61. The number of hydrogen-bond donors (Lipinski definition) is 2. The van der Waals surface area contributed by atoms with Crippen LogP contribution in [0.4, 0.5) is 11.4 Å². The van der Waals surface area contributed by atoms with Gasteiger partial charge in [-0.25, -0.2) is 0 Å². The Morgan fingerprint density at radius 1 is 0.900 bits per heavy atom. The molecule has 0 aliphatic carbocycles. The third-order valence-electron chi connectivity index (χ3n) is 5.03. The van der Waals surface area contributed by atoms with Gasteiger partial charge in [0.05, 0.1) is 6.54 Å². The number of nitrogens with zero attached hydrogens (tertiary/aromatic N) is 2. The summed E-state index contributed by atoms with van der Waals surface area (Å²) in [5.41, 5.74) is 2.50. The van der Waals surface area contributed by atoms with Crippen LogP contribution in [0.1, 0.15) is 40.0 Å². The molecule has 1 aliphatic rings. The summed E-state index contributed by atoms with van der Waals surface area (Å²) >= 11 is 0. The van der Waals surface area contributed by atoms with Gasteiger partial charge < -0.3 is 20.4 Å². The highest BCUT2D eigenvalue weighted by Gasteiger charge is 2.18. The number of piperidine rings is 1. The first kappa shape index (κ1) is 21.4. The molecule has 3 amide bonds. The van der Waals surface area contributed by atoms with Crippen LogP contribution < -0.4 is 10.6 Å². The summed E-state index contributed by atoms with van der Waals surface area (Å²) < 4.78 is 0. The molecule has 7 nitrogen and oxygen atoms in total. The molecular formula is C23H28N4O3. The number of carbonyl (C=O) groups is 3. The number of rotatable bonds is 6. The predicted octanol–water partition coefficient (Wildman–Crippen LogP) is 3.07. The molecule has 30 heavy (non-hydrogen) atoms. The molecule has 1 saturated heterocycles. The van der Waals surface area contributed by atoms with Crippen molar-refractivity contribution in [2.24, 2.45) is 0 Å². The molecule has 2 aromatic carbocycles. The molecular weight excluding hydrogens is 380 g/mol. The van der Waals surface area contributed by atoms with Gasteiger partial charge in [0.15, 0.2) is 0 Å². The Hall–Kier alpha value is -3.35. The van der Waals surface area contributed by atoms with Crippen LogP contribution in [0.3, 0.4) is 0 Å². The molecule has 2 N–H and O–H groups in total. The number of nitrogens with one attached hydrogen (secondary N) is 2. The Kier molecular flexibility index (Phi) is 7.06. The van der Waals surface area contributed by atoms with Crippen molar-refractivity contribution in [1.29, 1.82) is 0 Å². The van der Waals surface area contributed by atoms with Crippen molar-refractivity contribution in [2.45, 2.75) is 19.3 Å². The lowest BCUT2D eigenvalue weighted by atomic mass is 10.1. The molecule has 0 spiro atoms. The highest BCUT2D eigenvalue weighted by atomic mass is 16.2. The standard InChI is InChI=1S/C23H28N4O3/c1-26(2)22(29)18-7-6-8-20(15-18)25-21(28)16-24-19-11-9-17(10-12-19)23(30)27-13-4-3-5-14-27/h6-12,15,24H,3-5,13-14,16H2,1-2H3,(H,25,28). The van der Waals surface area contributed by atoms with Crippen molar-refractivity contribution in [3.05, 3.63) is 59.7 Å². The van der Waals surface area contributed by atoms with E-state index >= 15 is 0 Å². The summed E-state index contributed by atoms with van der Waals surface area (Å²) in [4.78, 5) is 40.2. The first-order chi connectivity index (χ1) is 14.4. The topological polar surface area (TPSA) is 81.8 Å². The van der Waals surface area contributed by atoms with Crippen molar-refractivity contribution in [3.8, 4) is 0 Å². The molecule has 0 unspecified atom stereocenters. The molecule has 1 aliphatic heterocycles. The molecule has 2 aromatic rings. The third-order valence-corrected chi connectivity index (χ3v) is 5.03. The number of anilines is 2. The zero-order chi connectivity index (χ0) is 21.5. The van der Waals surface area contributed by atoms with Gasteiger partial charge in [0.25, 0.3) is 11.8 Å². The lowest BCUT2D eigenvalue weighted by Crippen LogP contribution is -2.35.